The molecular weight excluding hydrogens is 350 g/mol. The molecule has 0 N–H and O–H groups in total. The quantitative estimate of drug-likeness (QED) is 0.692. The zero-order chi connectivity index (χ0) is 19.3. The van der Waals surface area contributed by atoms with E-state index in [2.05, 4.69) is 20.8 Å². The van der Waals surface area contributed by atoms with Crippen molar-refractivity contribution in [3.05, 3.63) is 29.8 Å². The number of nitrogens with zero attached hydrogens (tertiary/aromatic N) is 1. The molecule has 2 rings (SSSR count). The maximum Gasteiger partial charge on any atom is 0.263 e. The summed E-state index contributed by atoms with van der Waals surface area (Å²) in [6.07, 6.45) is 1.69. The van der Waals surface area contributed by atoms with Gasteiger partial charge in [0, 0.05) is 12.6 Å². The predicted octanol–water partition coefficient (Wildman–Crippen LogP) is 3.39. The maximum absolute atomic E-state index is 13.0. The standard InChI is InChI=1S/C20H31NO4S/c1-5-6-11-21(18-10-12-26(23,24)14-18)20(22)16(4)25-19-9-7-8-17(13-19)15(2)3/h7-9,13,15-16,18H,5-6,10-12,14H2,1-4H3. The molecule has 1 aromatic rings. The van der Waals surface area contributed by atoms with Crippen molar-refractivity contribution in [2.45, 2.75) is 65.0 Å². The fourth-order valence-corrected chi connectivity index (χ4v) is 4.99. The van der Waals surface area contributed by atoms with Crippen molar-refractivity contribution in [3.8, 4) is 5.75 Å². The monoisotopic (exact) mass is 381 g/mol. The molecular formula is C20H31NO4S. The van der Waals surface area contributed by atoms with Crippen LogP contribution in [0.5, 0.6) is 5.75 Å². The van der Waals surface area contributed by atoms with Crippen LogP contribution in [0.1, 0.15) is 58.4 Å². The van der Waals surface area contributed by atoms with Crippen LogP contribution in [0.3, 0.4) is 0 Å². The van der Waals surface area contributed by atoms with Crippen LogP contribution >= 0.6 is 0 Å². The third-order valence-corrected chi connectivity index (χ3v) is 6.62. The molecule has 0 saturated carbocycles. The minimum atomic E-state index is -3.03. The van der Waals surface area contributed by atoms with Crippen molar-refractivity contribution in [1.82, 2.24) is 4.90 Å². The third-order valence-electron chi connectivity index (χ3n) is 4.87. The smallest absolute Gasteiger partial charge is 0.263 e. The molecule has 146 valence electrons. The van der Waals surface area contributed by atoms with Crippen LogP contribution in [-0.4, -0.2) is 49.4 Å². The number of amides is 1. The average Bonchev–Trinajstić information content (AvgIpc) is 2.95. The number of ether oxygens (including phenoxy) is 1. The molecule has 1 aliphatic heterocycles. The van der Waals surface area contributed by atoms with E-state index in [0.29, 0.717) is 24.6 Å². The number of benzene rings is 1. The van der Waals surface area contributed by atoms with E-state index in [0.717, 1.165) is 18.4 Å². The fraction of sp³-hybridized carbons (Fsp3) is 0.650. The highest BCUT2D eigenvalue weighted by Gasteiger charge is 2.36. The van der Waals surface area contributed by atoms with Gasteiger partial charge in [-0.1, -0.05) is 39.3 Å². The molecule has 1 aromatic carbocycles. The Labute approximate surface area is 157 Å². The van der Waals surface area contributed by atoms with E-state index in [1.165, 1.54) is 0 Å². The van der Waals surface area contributed by atoms with Crippen LogP contribution in [0, 0.1) is 0 Å². The van der Waals surface area contributed by atoms with Crippen molar-refractivity contribution in [3.63, 3.8) is 0 Å². The first-order chi connectivity index (χ1) is 12.2. The number of carbonyl (C=O) groups is 1. The second-order valence-corrected chi connectivity index (χ2v) is 9.66. The number of hydrogen-bond donors (Lipinski definition) is 0. The van der Waals surface area contributed by atoms with Crippen molar-refractivity contribution >= 4 is 15.7 Å². The number of sulfone groups is 1. The van der Waals surface area contributed by atoms with Gasteiger partial charge in [0.1, 0.15) is 5.75 Å². The van der Waals surface area contributed by atoms with E-state index < -0.39 is 15.9 Å². The van der Waals surface area contributed by atoms with Crippen LogP contribution in [0.15, 0.2) is 24.3 Å². The Hall–Kier alpha value is -1.56. The Bertz CT molecular complexity index is 714. The number of carbonyl (C=O) groups excluding carboxylic acids is 1. The molecule has 0 aromatic heterocycles. The van der Waals surface area contributed by atoms with Crippen LogP contribution in [0.4, 0.5) is 0 Å². The summed E-state index contributed by atoms with van der Waals surface area (Å²) >= 11 is 0. The van der Waals surface area contributed by atoms with Crippen molar-refractivity contribution in [2.24, 2.45) is 0 Å². The summed E-state index contributed by atoms with van der Waals surface area (Å²) in [6.45, 7) is 8.61. The normalized spacial score (nSPS) is 20.1. The topological polar surface area (TPSA) is 63.7 Å². The summed E-state index contributed by atoms with van der Waals surface area (Å²) in [4.78, 5) is 14.7. The Morgan fingerprint density at radius 3 is 2.62 bits per heavy atom. The first-order valence-corrected chi connectivity index (χ1v) is 11.3. The molecule has 1 amide bonds. The van der Waals surface area contributed by atoms with E-state index in [4.69, 9.17) is 4.74 Å². The zero-order valence-corrected chi connectivity index (χ0v) is 17.1. The molecule has 0 aliphatic carbocycles. The summed E-state index contributed by atoms with van der Waals surface area (Å²) in [6, 6.07) is 7.56. The number of unbranched alkanes of at least 4 members (excludes halogenated alkanes) is 1. The van der Waals surface area contributed by atoms with Gasteiger partial charge in [0.2, 0.25) is 0 Å². The van der Waals surface area contributed by atoms with E-state index in [1.54, 1.807) is 11.8 Å². The van der Waals surface area contributed by atoms with E-state index in [1.807, 2.05) is 24.3 Å². The molecule has 0 spiro atoms. The van der Waals surface area contributed by atoms with Crippen LogP contribution in [0.25, 0.3) is 0 Å². The summed E-state index contributed by atoms with van der Waals surface area (Å²) in [5.74, 6) is 1.16. The molecule has 0 bridgehead atoms. The SMILES string of the molecule is CCCCN(C(=O)C(C)Oc1cccc(C(C)C)c1)C1CCS(=O)(=O)C1. The first kappa shape index (κ1) is 20.7. The minimum Gasteiger partial charge on any atom is -0.481 e. The Morgan fingerprint density at radius 2 is 2.04 bits per heavy atom. The Morgan fingerprint density at radius 1 is 1.31 bits per heavy atom. The second-order valence-electron chi connectivity index (χ2n) is 7.43. The van der Waals surface area contributed by atoms with Gasteiger partial charge in [-0.2, -0.15) is 0 Å². The molecule has 5 nitrogen and oxygen atoms in total. The Balaban J connectivity index is 2.10. The lowest BCUT2D eigenvalue weighted by Crippen LogP contribution is -2.47. The molecule has 2 unspecified atom stereocenters. The molecule has 1 saturated heterocycles. The maximum atomic E-state index is 13.0. The van der Waals surface area contributed by atoms with Gasteiger partial charge in [0.15, 0.2) is 15.9 Å². The van der Waals surface area contributed by atoms with E-state index in [9.17, 15) is 13.2 Å². The minimum absolute atomic E-state index is 0.0675. The highest BCUT2D eigenvalue weighted by Crippen LogP contribution is 2.23. The molecule has 26 heavy (non-hydrogen) atoms. The van der Waals surface area contributed by atoms with E-state index >= 15 is 0 Å². The van der Waals surface area contributed by atoms with Crippen molar-refractivity contribution < 1.29 is 17.9 Å². The molecule has 6 heteroatoms. The Kier molecular flexibility index (Phi) is 7.09. The van der Waals surface area contributed by atoms with Gasteiger partial charge in [-0.3, -0.25) is 4.79 Å². The summed E-state index contributed by atoms with van der Waals surface area (Å²) in [5.41, 5.74) is 1.16. The van der Waals surface area contributed by atoms with Crippen LogP contribution < -0.4 is 4.74 Å². The van der Waals surface area contributed by atoms with Crippen molar-refractivity contribution in [2.75, 3.05) is 18.1 Å². The molecule has 1 aliphatic rings. The fourth-order valence-electron chi connectivity index (χ4n) is 3.26. The summed E-state index contributed by atoms with van der Waals surface area (Å²) < 4.78 is 29.6. The van der Waals surface area contributed by atoms with Gasteiger partial charge in [-0.05, 0) is 43.4 Å². The second kappa shape index (κ2) is 8.89. The van der Waals surface area contributed by atoms with Crippen molar-refractivity contribution in [1.29, 1.82) is 0 Å². The lowest BCUT2D eigenvalue weighted by Gasteiger charge is -2.31. The van der Waals surface area contributed by atoms with Gasteiger partial charge in [0.25, 0.3) is 5.91 Å². The highest BCUT2D eigenvalue weighted by molar-refractivity contribution is 7.91. The van der Waals surface area contributed by atoms with Gasteiger partial charge in [-0.25, -0.2) is 8.42 Å². The highest BCUT2D eigenvalue weighted by atomic mass is 32.2. The van der Waals surface area contributed by atoms with Crippen LogP contribution in [-0.2, 0) is 14.6 Å². The molecule has 0 radical (unpaired) electrons. The van der Waals surface area contributed by atoms with Gasteiger partial charge in [-0.15, -0.1) is 0 Å². The lowest BCUT2D eigenvalue weighted by molar-refractivity contribution is -0.140. The first-order valence-electron chi connectivity index (χ1n) is 9.51. The number of rotatable bonds is 8. The molecule has 2 atom stereocenters. The number of hydrogen-bond acceptors (Lipinski definition) is 4. The average molecular weight is 382 g/mol. The van der Waals surface area contributed by atoms with Gasteiger partial charge in [0.05, 0.1) is 11.5 Å². The largest absolute Gasteiger partial charge is 0.481 e. The lowest BCUT2D eigenvalue weighted by atomic mass is 10.0. The van der Waals surface area contributed by atoms with E-state index in [-0.39, 0.29) is 23.5 Å². The molecule has 1 heterocycles. The van der Waals surface area contributed by atoms with Crippen LogP contribution in [0.2, 0.25) is 0 Å². The zero-order valence-electron chi connectivity index (χ0n) is 16.3. The predicted molar refractivity (Wildman–Crippen MR) is 104 cm³/mol. The third kappa shape index (κ3) is 5.47. The van der Waals surface area contributed by atoms with Gasteiger partial charge >= 0.3 is 0 Å². The molecule has 1 fully saturated rings. The summed E-state index contributed by atoms with van der Waals surface area (Å²) in [7, 11) is -3.03. The van der Waals surface area contributed by atoms with Gasteiger partial charge < -0.3 is 9.64 Å². The summed E-state index contributed by atoms with van der Waals surface area (Å²) in [5, 5.41) is 0.